The van der Waals surface area contributed by atoms with E-state index in [4.69, 9.17) is 0 Å². The van der Waals surface area contributed by atoms with Crippen molar-refractivity contribution in [1.82, 2.24) is 15.3 Å². The fourth-order valence-corrected chi connectivity index (χ4v) is 3.08. The first-order valence-corrected chi connectivity index (χ1v) is 8.83. The monoisotopic (exact) mass is 395 g/mol. The minimum absolute atomic E-state index is 0.0574. The number of nitro groups is 1. The highest BCUT2D eigenvalue weighted by atomic mass is 19.1. The normalized spacial score (nSPS) is 18.3. The van der Waals surface area contributed by atoms with Crippen LogP contribution >= 0.6 is 0 Å². The van der Waals surface area contributed by atoms with E-state index in [0.717, 1.165) is 0 Å². The molecule has 1 atom stereocenters. The van der Waals surface area contributed by atoms with Crippen LogP contribution in [0.15, 0.2) is 42.7 Å². The Morgan fingerprint density at radius 3 is 2.83 bits per heavy atom. The molecule has 1 fully saturated rings. The number of alkyl halides is 1. The Bertz CT molecular complexity index is 1170. The summed E-state index contributed by atoms with van der Waals surface area (Å²) < 4.78 is 28.5. The predicted octanol–water partition coefficient (Wildman–Crippen LogP) is 3.47. The van der Waals surface area contributed by atoms with Gasteiger partial charge in [0, 0.05) is 24.4 Å². The molecule has 1 unspecified atom stereocenters. The zero-order chi connectivity index (χ0) is 20.4. The van der Waals surface area contributed by atoms with Crippen molar-refractivity contribution >= 4 is 28.1 Å². The highest BCUT2D eigenvalue weighted by Gasteiger charge is 2.31. The molecule has 1 aliphatic rings. The number of nitrogens with one attached hydrogen (secondary N) is 2. The Hall–Kier alpha value is -3.64. The summed E-state index contributed by atoms with van der Waals surface area (Å²) in [5, 5.41) is 17.6. The minimum Gasteiger partial charge on any atom is -0.337 e. The quantitative estimate of drug-likeness (QED) is 0.401. The lowest BCUT2D eigenvalue weighted by atomic mass is 10.0. The van der Waals surface area contributed by atoms with E-state index in [1.165, 1.54) is 30.6 Å². The maximum atomic E-state index is 14.5. The van der Waals surface area contributed by atoms with Gasteiger partial charge in [-0.15, -0.1) is 0 Å². The molecule has 2 heterocycles. The summed E-state index contributed by atoms with van der Waals surface area (Å²) in [6, 6.07) is 8.68. The average molecular weight is 395 g/mol. The Morgan fingerprint density at radius 1 is 1.28 bits per heavy atom. The summed E-state index contributed by atoms with van der Waals surface area (Å²) in [6.07, 6.45) is 1.48. The molecule has 0 amide bonds. The maximum Gasteiger partial charge on any atom is 0.285 e. The lowest BCUT2D eigenvalue weighted by Crippen LogP contribution is -2.23. The van der Waals surface area contributed by atoms with E-state index in [-0.39, 0.29) is 35.7 Å². The number of hydrogen-bond acceptors (Lipinski definition) is 6. The van der Waals surface area contributed by atoms with Crippen LogP contribution in [0.1, 0.15) is 12.0 Å². The summed E-state index contributed by atoms with van der Waals surface area (Å²) in [5.41, 5.74) is -1.42. The van der Waals surface area contributed by atoms with E-state index in [0.29, 0.717) is 17.4 Å². The number of halogens is 2. The van der Waals surface area contributed by atoms with Crippen molar-refractivity contribution in [2.24, 2.45) is 0 Å². The third kappa shape index (κ3) is 3.83. The Morgan fingerprint density at radius 2 is 2.10 bits per heavy atom. The van der Waals surface area contributed by atoms with Crippen LogP contribution in [-0.4, -0.2) is 33.6 Å². The maximum absolute atomic E-state index is 14.5. The van der Waals surface area contributed by atoms with Gasteiger partial charge in [-0.1, -0.05) is 24.0 Å². The van der Waals surface area contributed by atoms with E-state index < -0.39 is 16.4 Å². The second-order valence-corrected chi connectivity index (χ2v) is 6.61. The molecule has 0 aliphatic carbocycles. The van der Waals surface area contributed by atoms with E-state index >= 15 is 0 Å². The van der Waals surface area contributed by atoms with E-state index in [1.807, 2.05) is 0 Å². The molecular formula is C20H15F2N5O2. The number of nitro benzene ring substituents is 1. The molecule has 0 bridgehead atoms. The van der Waals surface area contributed by atoms with Crippen LogP contribution in [0, 0.1) is 27.8 Å². The molecule has 0 radical (unpaired) electrons. The third-order valence-electron chi connectivity index (χ3n) is 4.60. The molecule has 9 heteroatoms. The van der Waals surface area contributed by atoms with Gasteiger partial charge < -0.3 is 10.6 Å². The molecule has 1 saturated heterocycles. The minimum atomic E-state index is -1.72. The smallest absolute Gasteiger partial charge is 0.285 e. The van der Waals surface area contributed by atoms with Gasteiger partial charge in [0.25, 0.3) is 5.69 Å². The first kappa shape index (κ1) is 18.7. The molecular weight excluding hydrogens is 380 g/mol. The van der Waals surface area contributed by atoms with Crippen LogP contribution in [-0.2, 0) is 0 Å². The van der Waals surface area contributed by atoms with Crippen LogP contribution < -0.4 is 10.6 Å². The Kier molecular flexibility index (Phi) is 4.78. The zero-order valence-electron chi connectivity index (χ0n) is 15.1. The third-order valence-corrected chi connectivity index (χ3v) is 4.60. The molecule has 3 aromatic rings. The van der Waals surface area contributed by atoms with Gasteiger partial charge in [-0.3, -0.25) is 10.1 Å². The lowest BCUT2D eigenvalue weighted by molar-refractivity contribution is -0.385. The largest absolute Gasteiger partial charge is 0.337 e. The van der Waals surface area contributed by atoms with Crippen molar-refractivity contribution in [3.8, 4) is 11.8 Å². The van der Waals surface area contributed by atoms with Crippen molar-refractivity contribution < 1.29 is 13.7 Å². The Balaban J connectivity index is 1.80. The number of anilines is 2. The average Bonchev–Trinajstić information content (AvgIpc) is 3.14. The van der Waals surface area contributed by atoms with Gasteiger partial charge in [0.2, 0.25) is 0 Å². The van der Waals surface area contributed by atoms with Crippen LogP contribution in [0.2, 0.25) is 0 Å². The molecule has 4 rings (SSSR count). The topological polar surface area (TPSA) is 93.0 Å². The molecule has 29 heavy (non-hydrogen) atoms. The van der Waals surface area contributed by atoms with Crippen molar-refractivity contribution in [3.63, 3.8) is 0 Å². The van der Waals surface area contributed by atoms with Crippen molar-refractivity contribution in [3.05, 3.63) is 64.2 Å². The second-order valence-electron chi connectivity index (χ2n) is 6.61. The molecule has 1 aliphatic heterocycles. The summed E-state index contributed by atoms with van der Waals surface area (Å²) in [4.78, 5) is 19.2. The first-order valence-electron chi connectivity index (χ1n) is 8.83. The standard InChI is InChI=1S/C20H15F2N5O2/c21-15-3-1-2-4-16(15)26-19-14-10-18(27(28)29)13(9-17(14)24-12-25-19)5-6-20(22)7-8-23-11-20/h1-4,9-10,12,23H,7-8,11H2,(H,24,25,26). The van der Waals surface area contributed by atoms with Gasteiger partial charge in [-0.25, -0.2) is 18.7 Å². The van der Waals surface area contributed by atoms with Gasteiger partial charge >= 0.3 is 0 Å². The highest BCUT2D eigenvalue weighted by molar-refractivity contribution is 5.93. The fourth-order valence-electron chi connectivity index (χ4n) is 3.08. The highest BCUT2D eigenvalue weighted by Crippen LogP contribution is 2.30. The number of benzene rings is 2. The second kappa shape index (κ2) is 7.41. The molecule has 146 valence electrons. The summed E-state index contributed by atoms with van der Waals surface area (Å²) >= 11 is 0. The molecule has 2 aromatic carbocycles. The van der Waals surface area contributed by atoms with Crippen molar-refractivity contribution in [1.29, 1.82) is 0 Å². The summed E-state index contributed by atoms with van der Waals surface area (Å²) in [7, 11) is 0. The van der Waals surface area contributed by atoms with Crippen molar-refractivity contribution in [2.75, 3.05) is 18.4 Å². The number of para-hydroxylation sites is 1. The number of nitrogens with zero attached hydrogens (tertiary/aromatic N) is 3. The number of hydrogen-bond donors (Lipinski definition) is 2. The van der Waals surface area contributed by atoms with Gasteiger partial charge in [0.05, 0.1) is 16.1 Å². The fraction of sp³-hybridized carbons (Fsp3) is 0.200. The van der Waals surface area contributed by atoms with E-state index in [2.05, 4.69) is 32.4 Å². The summed E-state index contributed by atoms with van der Waals surface area (Å²) in [6.45, 7) is 0.587. The lowest BCUT2D eigenvalue weighted by Gasteiger charge is -2.10. The van der Waals surface area contributed by atoms with Gasteiger partial charge in [0.15, 0.2) is 5.67 Å². The first-order chi connectivity index (χ1) is 14.0. The number of rotatable bonds is 3. The van der Waals surface area contributed by atoms with Gasteiger partial charge in [0.1, 0.15) is 23.5 Å². The van der Waals surface area contributed by atoms with E-state index in [9.17, 15) is 18.9 Å². The SMILES string of the molecule is O=[N+]([O-])c1cc2c(Nc3ccccc3F)ncnc2cc1C#CC1(F)CCNC1. The summed E-state index contributed by atoms with van der Waals surface area (Å²) in [5.74, 6) is 4.83. The van der Waals surface area contributed by atoms with Gasteiger partial charge in [-0.2, -0.15) is 0 Å². The molecule has 0 saturated carbocycles. The van der Waals surface area contributed by atoms with E-state index in [1.54, 1.807) is 12.1 Å². The molecule has 7 nitrogen and oxygen atoms in total. The van der Waals surface area contributed by atoms with Crippen LogP contribution in [0.25, 0.3) is 10.9 Å². The number of aromatic nitrogens is 2. The molecule has 0 spiro atoms. The van der Waals surface area contributed by atoms with Crippen molar-refractivity contribution in [2.45, 2.75) is 12.1 Å². The van der Waals surface area contributed by atoms with Crippen LogP contribution in [0.4, 0.5) is 26.0 Å². The molecule has 2 N–H and O–H groups in total. The van der Waals surface area contributed by atoms with Crippen LogP contribution in [0.3, 0.4) is 0 Å². The Labute approximate surface area is 164 Å². The molecule has 1 aromatic heterocycles. The zero-order valence-corrected chi connectivity index (χ0v) is 15.1. The van der Waals surface area contributed by atoms with Gasteiger partial charge in [-0.05, 0) is 24.7 Å². The van der Waals surface area contributed by atoms with Crippen LogP contribution in [0.5, 0.6) is 0 Å². The number of fused-ring (bicyclic) bond motifs is 1. The predicted molar refractivity (Wildman–Crippen MR) is 104 cm³/mol.